The van der Waals surface area contributed by atoms with Crippen LogP contribution in [-0.2, 0) is 12.8 Å². The lowest BCUT2D eigenvalue weighted by atomic mass is 10.2. The van der Waals surface area contributed by atoms with Gasteiger partial charge in [-0.3, -0.25) is 5.43 Å². The van der Waals surface area contributed by atoms with Crippen LogP contribution in [0.4, 0.5) is 18.9 Å². The summed E-state index contributed by atoms with van der Waals surface area (Å²) < 4.78 is 50.3. The van der Waals surface area contributed by atoms with Crippen molar-refractivity contribution < 1.29 is 22.6 Å². The van der Waals surface area contributed by atoms with Gasteiger partial charge in [0, 0.05) is 15.6 Å². The van der Waals surface area contributed by atoms with E-state index >= 15 is 0 Å². The highest BCUT2D eigenvalue weighted by Crippen LogP contribution is 2.37. The zero-order chi connectivity index (χ0) is 24.0. The molecule has 0 aliphatic heterocycles. The van der Waals surface area contributed by atoms with E-state index < -0.39 is 11.7 Å². The average Bonchev–Trinajstić information content (AvgIpc) is 2.74. The third-order valence-electron chi connectivity index (χ3n) is 4.34. The zero-order valence-corrected chi connectivity index (χ0v) is 20.3. The summed E-state index contributed by atoms with van der Waals surface area (Å²) in [4.78, 5) is 0. The summed E-state index contributed by atoms with van der Waals surface area (Å²) in [7, 11) is 0. The minimum Gasteiger partial charge on any atom is -0.490 e. The zero-order valence-electron chi connectivity index (χ0n) is 17.2. The van der Waals surface area contributed by atoms with Crippen molar-refractivity contribution in [2.45, 2.75) is 19.7 Å². The van der Waals surface area contributed by atoms with Crippen molar-refractivity contribution >= 4 is 51.0 Å². The number of rotatable bonds is 8. The molecular weight excluding hydrogens is 544 g/mol. The number of alkyl halides is 3. The largest absolute Gasteiger partial charge is 0.490 e. The summed E-state index contributed by atoms with van der Waals surface area (Å²) in [5, 5.41) is 5.12. The predicted molar refractivity (Wildman–Crippen MR) is 129 cm³/mol. The Balaban J connectivity index is 1.73. The van der Waals surface area contributed by atoms with Crippen molar-refractivity contribution in [2.75, 3.05) is 12.0 Å². The molecule has 0 saturated heterocycles. The van der Waals surface area contributed by atoms with Gasteiger partial charge < -0.3 is 9.47 Å². The molecule has 3 aromatic rings. The Morgan fingerprint density at radius 1 is 1.03 bits per heavy atom. The second-order valence-corrected chi connectivity index (χ2v) is 8.43. The van der Waals surface area contributed by atoms with E-state index in [0.717, 1.165) is 17.7 Å². The van der Waals surface area contributed by atoms with E-state index in [1.165, 1.54) is 18.3 Å². The molecule has 3 aromatic carbocycles. The van der Waals surface area contributed by atoms with Crippen LogP contribution in [-0.4, -0.2) is 12.8 Å². The molecule has 4 nitrogen and oxygen atoms in total. The maximum Gasteiger partial charge on any atom is 0.416 e. The lowest BCUT2D eigenvalue weighted by molar-refractivity contribution is -0.137. The second-order valence-electron chi connectivity index (χ2n) is 6.73. The van der Waals surface area contributed by atoms with Crippen LogP contribution < -0.4 is 14.9 Å². The number of hydrogen-bond acceptors (Lipinski definition) is 4. The van der Waals surface area contributed by atoms with Gasteiger partial charge in [-0.1, -0.05) is 29.3 Å². The van der Waals surface area contributed by atoms with E-state index in [1.54, 1.807) is 30.3 Å². The third-order valence-corrected chi connectivity index (χ3v) is 5.51. The minimum absolute atomic E-state index is 0.206. The fourth-order valence-electron chi connectivity index (χ4n) is 2.77. The Morgan fingerprint density at radius 2 is 1.76 bits per heavy atom. The van der Waals surface area contributed by atoms with Crippen molar-refractivity contribution in [2.24, 2.45) is 5.10 Å². The number of benzene rings is 3. The maximum atomic E-state index is 12.7. The predicted octanol–water partition coefficient (Wildman–Crippen LogP) is 8.20. The molecule has 0 aliphatic rings. The van der Waals surface area contributed by atoms with Crippen molar-refractivity contribution in [3.05, 3.63) is 85.8 Å². The van der Waals surface area contributed by atoms with Crippen LogP contribution in [0.15, 0.2) is 64.2 Å². The van der Waals surface area contributed by atoms with Gasteiger partial charge in [0.05, 0.1) is 28.5 Å². The Hall–Kier alpha value is -2.42. The van der Waals surface area contributed by atoms with E-state index in [2.05, 4.69) is 26.5 Å². The summed E-state index contributed by atoms with van der Waals surface area (Å²) in [6, 6.07) is 13.3. The average molecular weight is 562 g/mol. The smallest absolute Gasteiger partial charge is 0.416 e. The molecule has 0 aromatic heterocycles. The molecule has 0 aliphatic carbocycles. The van der Waals surface area contributed by atoms with Crippen molar-refractivity contribution in [3.63, 3.8) is 0 Å². The molecule has 10 heteroatoms. The van der Waals surface area contributed by atoms with Crippen LogP contribution in [0.2, 0.25) is 10.0 Å². The highest BCUT2D eigenvalue weighted by molar-refractivity contribution is 9.10. The van der Waals surface area contributed by atoms with E-state index in [1.807, 2.05) is 6.92 Å². The summed E-state index contributed by atoms with van der Waals surface area (Å²) in [5.74, 6) is 0.989. The first-order valence-corrected chi connectivity index (χ1v) is 11.2. The molecule has 0 radical (unpaired) electrons. The van der Waals surface area contributed by atoms with Crippen molar-refractivity contribution in [1.82, 2.24) is 0 Å². The number of hydrazone groups is 1. The fraction of sp³-hybridized carbons (Fsp3) is 0.174. The van der Waals surface area contributed by atoms with E-state index in [4.69, 9.17) is 32.7 Å². The Bertz CT molecular complexity index is 1140. The van der Waals surface area contributed by atoms with Gasteiger partial charge in [0.15, 0.2) is 11.5 Å². The molecule has 0 spiro atoms. The molecule has 0 heterocycles. The SMILES string of the molecule is CCOc1cc(/C=N/Nc2ccc(C(F)(F)F)cc2)cc(Br)c1OCc1ccc(Cl)cc1Cl. The van der Waals surface area contributed by atoms with Gasteiger partial charge in [0.2, 0.25) is 0 Å². The number of nitrogens with one attached hydrogen (secondary N) is 1. The van der Waals surface area contributed by atoms with Gasteiger partial charge in [-0.15, -0.1) is 0 Å². The van der Waals surface area contributed by atoms with Crippen LogP contribution in [0, 0.1) is 0 Å². The standard InChI is InChI=1S/C23H18BrCl2F3N2O2/c1-2-32-21-10-14(12-30-31-18-7-4-16(5-8-18)23(27,28)29)9-19(24)22(21)33-13-15-3-6-17(25)11-20(15)26/h3-12,31H,2,13H2,1H3/b30-12+. The number of hydrogen-bond donors (Lipinski definition) is 1. The molecule has 0 atom stereocenters. The quantitative estimate of drug-likeness (QED) is 0.223. The molecule has 0 saturated carbocycles. The van der Waals surface area contributed by atoms with Crippen molar-refractivity contribution in [1.29, 1.82) is 0 Å². The molecule has 1 N–H and O–H groups in total. The molecule has 0 amide bonds. The van der Waals surface area contributed by atoms with Gasteiger partial charge in [-0.25, -0.2) is 0 Å². The van der Waals surface area contributed by atoms with Crippen LogP contribution in [0.1, 0.15) is 23.6 Å². The van der Waals surface area contributed by atoms with Gasteiger partial charge >= 0.3 is 6.18 Å². The topological polar surface area (TPSA) is 42.8 Å². The van der Waals surface area contributed by atoms with Crippen LogP contribution >= 0.6 is 39.1 Å². The molecule has 3 rings (SSSR count). The molecular formula is C23H18BrCl2F3N2O2. The second kappa shape index (κ2) is 11.1. The molecule has 0 unspecified atom stereocenters. The van der Waals surface area contributed by atoms with Gasteiger partial charge in [-0.05, 0) is 76.9 Å². The molecule has 0 bridgehead atoms. The lowest BCUT2D eigenvalue weighted by Crippen LogP contribution is -2.04. The first kappa shape index (κ1) is 25.2. The summed E-state index contributed by atoms with van der Waals surface area (Å²) in [5.41, 5.74) is 3.85. The number of nitrogens with zero attached hydrogens (tertiary/aromatic N) is 1. The Morgan fingerprint density at radius 3 is 2.39 bits per heavy atom. The normalized spacial score (nSPS) is 11.6. The van der Waals surface area contributed by atoms with Gasteiger partial charge in [-0.2, -0.15) is 18.3 Å². The monoisotopic (exact) mass is 560 g/mol. The highest BCUT2D eigenvalue weighted by atomic mass is 79.9. The number of ether oxygens (including phenoxy) is 2. The van der Waals surface area contributed by atoms with Crippen LogP contribution in [0.3, 0.4) is 0 Å². The lowest BCUT2D eigenvalue weighted by Gasteiger charge is -2.15. The highest BCUT2D eigenvalue weighted by Gasteiger charge is 2.29. The molecule has 0 fully saturated rings. The van der Waals surface area contributed by atoms with Crippen LogP contribution in [0.25, 0.3) is 0 Å². The Kier molecular flexibility index (Phi) is 8.51. The fourth-order valence-corrected chi connectivity index (χ4v) is 3.81. The number of halogens is 6. The van der Waals surface area contributed by atoms with E-state index in [9.17, 15) is 13.2 Å². The Labute approximate surface area is 207 Å². The first-order valence-electron chi connectivity index (χ1n) is 9.66. The van der Waals surface area contributed by atoms with Gasteiger partial charge in [0.25, 0.3) is 0 Å². The summed E-state index contributed by atoms with van der Waals surface area (Å²) >= 11 is 15.6. The third kappa shape index (κ3) is 7.03. The first-order chi connectivity index (χ1) is 15.7. The van der Waals surface area contributed by atoms with E-state index in [-0.39, 0.29) is 6.61 Å². The number of anilines is 1. The van der Waals surface area contributed by atoms with Crippen LogP contribution in [0.5, 0.6) is 11.5 Å². The maximum absolute atomic E-state index is 12.7. The summed E-state index contributed by atoms with van der Waals surface area (Å²) in [6.07, 6.45) is -2.86. The molecule has 33 heavy (non-hydrogen) atoms. The van der Waals surface area contributed by atoms with Gasteiger partial charge in [0.1, 0.15) is 6.61 Å². The minimum atomic E-state index is -4.38. The van der Waals surface area contributed by atoms with Crippen molar-refractivity contribution in [3.8, 4) is 11.5 Å². The van der Waals surface area contributed by atoms with E-state index in [0.29, 0.717) is 43.9 Å². The molecule has 174 valence electrons. The summed E-state index contributed by atoms with van der Waals surface area (Å²) in [6.45, 7) is 2.47.